The van der Waals surface area contributed by atoms with Crippen LogP contribution in [0.15, 0.2) is 0 Å². The number of hydrogen-bond acceptors (Lipinski definition) is 4. The molecule has 0 aromatic carbocycles. The summed E-state index contributed by atoms with van der Waals surface area (Å²) in [5.74, 6) is 0. The fourth-order valence-electron chi connectivity index (χ4n) is 2.11. The Morgan fingerprint density at radius 1 is 1.53 bits per heavy atom. The third-order valence-corrected chi connectivity index (χ3v) is 4.80. The van der Waals surface area contributed by atoms with E-state index in [9.17, 15) is 4.21 Å². The molecule has 5 atom stereocenters. The average molecular weight is 263 g/mol. The lowest BCUT2D eigenvalue weighted by Crippen LogP contribution is -2.60. The quantitative estimate of drug-likeness (QED) is 0.707. The standard InChI is InChI=1S/C12H25NO3S/c1-5-16-11-8-10(12(11)15-3)13-7-6-9(2)17(4)14/h9-13H,5-8H2,1-4H3. The fraction of sp³-hybridized carbons (Fsp3) is 1.00. The zero-order chi connectivity index (χ0) is 12.8. The molecule has 0 aromatic heterocycles. The molecule has 1 saturated carbocycles. The summed E-state index contributed by atoms with van der Waals surface area (Å²) in [7, 11) is 1.00. The molecule has 0 amide bonds. The van der Waals surface area contributed by atoms with Gasteiger partial charge >= 0.3 is 0 Å². The number of methoxy groups -OCH3 is 1. The molecule has 4 nitrogen and oxygen atoms in total. The van der Waals surface area contributed by atoms with Gasteiger partial charge in [-0.25, -0.2) is 0 Å². The lowest BCUT2D eigenvalue weighted by Gasteiger charge is -2.43. The molecule has 0 spiro atoms. The van der Waals surface area contributed by atoms with E-state index in [0.29, 0.717) is 6.04 Å². The van der Waals surface area contributed by atoms with E-state index in [1.165, 1.54) is 0 Å². The van der Waals surface area contributed by atoms with Crippen molar-refractivity contribution in [2.45, 2.75) is 50.2 Å². The molecule has 0 aromatic rings. The summed E-state index contributed by atoms with van der Waals surface area (Å²) in [4.78, 5) is 0. The Balaban J connectivity index is 2.18. The Labute approximate surface area is 107 Å². The predicted molar refractivity (Wildman–Crippen MR) is 70.8 cm³/mol. The Morgan fingerprint density at radius 2 is 2.24 bits per heavy atom. The number of rotatable bonds is 8. The molecule has 1 N–H and O–H groups in total. The summed E-state index contributed by atoms with van der Waals surface area (Å²) in [6.07, 6.45) is 4.11. The molecule has 0 radical (unpaired) electrons. The van der Waals surface area contributed by atoms with E-state index < -0.39 is 10.8 Å². The number of hydrogen-bond donors (Lipinski definition) is 1. The topological polar surface area (TPSA) is 47.6 Å². The molecular formula is C12H25NO3S. The van der Waals surface area contributed by atoms with Crippen LogP contribution in [0.1, 0.15) is 26.7 Å². The van der Waals surface area contributed by atoms with E-state index in [-0.39, 0.29) is 17.5 Å². The van der Waals surface area contributed by atoms with Crippen molar-refractivity contribution in [2.75, 3.05) is 26.5 Å². The first-order valence-corrected chi connectivity index (χ1v) is 7.92. The highest BCUT2D eigenvalue weighted by molar-refractivity contribution is 7.84. The highest BCUT2D eigenvalue weighted by atomic mass is 32.2. The highest BCUT2D eigenvalue weighted by Gasteiger charge is 2.41. The summed E-state index contributed by atoms with van der Waals surface area (Å²) in [5, 5.41) is 3.71. The van der Waals surface area contributed by atoms with Gasteiger partial charge in [0.2, 0.25) is 0 Å². The van der Waals surface area contributed by atoms with Gasteiger partial charge in [0.05, 0.1) is 12.2 Å². The smallest absolute Gasteiger partial charge is 0.0986 e. The summed E-state index contributed by atoms with van der Waals surface area (Å²) >= 11 is 0. The number of nitrogens with one attached hydrogen (secondary N) is 1. The van der Waals surface area contributed by atoms with Crippen LogP contribution in [0.5, 0.6) is 0 Å². The van der Waals surface area contributed by atoms with E-state index in [0.717, 1.165) is 26.0 Å². The molecule has 5 heteroatoms. The first-order chi connectivity index (χ1) is 8.10. The van der Waals surface area contributed by atoms with Crippen LogP contribution < -0.4 is 5.32 Å². The van der Waals surface area contributed by atoms with Gasteiger partial charge in [-0.2, -0.15) is 0 Å². The molecule has 1 fully saturated rings. The lowest BCUT2D eigenvalue weighted by atomic mass is 9.85. The van der Waals surface area contributed by atoms with Crippen molar-refractivity contribution in [3.8, 4) is 0 Å². The van der Waals surface area contributed by atoms with Crippen molar-refractivity contribution in [1.82, 2.24) is 5.32 Å². The molecule has 0 aliphatic heterocycles. The van der Waals surface area contributed by atoms with E-state index in [1.54, 1.807) is 13.4 Å². The molecule has 1 aliphatic rings. The normalized spacial score (nSPS) is 31.9. The Morgan fingerprint density at radius 3 is 2.76 bits per heavy atom. The summed E-state index contributed by atoms with van der Waals surface area (Å²) in [6.45, 7) is 5.66. The molecule has 0 bridgehead atoms. The van der Waals surface area contributed by atoms with Gasteiger partial charge in [-0.15, -0.1) is 0 Å². The van der Waals surface area contributed by atoms with Crippen molar-refractivity contribution >= 4 is 10.8 Å². The molecule has 0 saturated heterocycles. The molecule has 1 rings (SSSR count). The summed E-state index contributed by atoms with van der Waals surface area (Å²) < 4.78 is 22.2. The first-order valence-electron chi connectivity index (χ1n) is 6.30. The van der Waals surface area contributed by atoms with Gasteiger partial charge < -0.3 is 14.8 Å². The third kappa shape index (κ3) is 4.32. The van der Waals surface area contributed by atoms with E-state index >= 15 is 0 Å². The number of ether oxygens (including phenoxy) is 2. The van der Waals surface area contributed by atoms with Crippen LogP contribution >= 0.6 is 0 Å². The average Bonchev–Trinajstić information content (AvgIpc) is 2.26. The van der Waals surface area contributed by atoms with Gasteiger partial charge in [0, 0.05) is 42.1 Å². The molecule has 102 valence electrons. The highest BCUT2D eigenvalue weighted by Crippen LogP contribution is 2.26. The zero-order valence-electron chi connectivity index (χ0n) is 11.3. The van der Waals surface area contributed by atoms with Crippen LogP contribution in [0.2, 0.25) is 0 Å². The van der Waals surface area contributed by atoms with Crippen molar-refractivity contribution in [3.05, 3.63) is 0 Å². The van der Waals surface area contributed by atoms with Crippen LogP contribution in [0.4, 0.5) is 0 Å². The maximum absolute atomic E-state index is 11.2. The molecule has 17 heavy (non-hydrogen) atoms. The Kier molecular flexibility index (Phi) is 6.62. The molecular weight excluding hydrogens is 238 g/mol. The van der Waals surface area contributed by atoms with Crippen LogP contribution in [0.3, 0.4) is 0 Å². The van der Waals surface area contributed by atoms with E-state index in [1.807, 2.05) is 13.8 Å². The van der Waals surface area contributed by atoms with E-state index in [2.05, 4.69) is 5.32 Å². The monoisotopic (exact) mass is 263 g/mol. The molecule has 5 unspecified atom stereocenters. The predicted octanol–water partition coefficient (Wildman–Crippen LogP) is 0.925. The van der Waals surface area contributed by atoms with Crippen LogP contribution in [0, 0.1) is 0 Å². The molecule has 0 heterocycles. The van der Waals surface area contributed by atoms with Crippen molar-refractivity contribution in [3.63, 3.8) is 0 Å². The zero-order valence-corrected chi connectivity index (χ0v) is 12.1. The minimum Gasteiger partial charge on any atom is -0.377 e. The van der Waals surface area contributed by atoms with Crippen molar-refractivity contribution in [2.24, 2.45) is 0 Å². The maximum Gasteiger partial charge on any atom is 0.0986 e. The maximum atomic E-state index is 11.2. The van der Waals surface area contributed by atoms with Crippen LogP contribution in [-0.4, -0.2) is 54.2 Å². The fourth-order valence-corrected chi connectivity index (χ4v) is 2.56. The van der Waals surface area contributed by atoms with Crippen molar-refractivity contribution in [1.29, 1.82) is 0 Å². The Bertz CT molecular complexity index is 250. The minimum absolute atomic E-state index is 0.164. The third-order valence-electron chi connectivity index (χ3n) is 3.43. The minimum atomic E-state index is -0.725. The van der Waals surface area contributed by atoms with Gasteiger partial charge in [0.25, 0.3) is 0 Å². The van der Waals surface area contributed by atoms with E-state index in [4.69, 9.17) is 9.47 Å². The Hall–Kier alpha value is 0.0300. The largest absolute Gasteiger partial charge is 0.377 e. The van der Waals surface area contributed by atoms with Crippen LogP contribution in [-0.2, 0) is 20.3 Å². The van der Waals surface area contributed by atoms with Crippen molar-refractivity contribution < 1.29 is 13.7 Å². The second-order valence-electron chi connectivity index (χ2n) is 4.59. The molecule has 1 aliphatic carbocycles. The SMILES string of the molecule is CCOC1CC(NCCC(C)S(C)=O)C1OC. The second-order valence-corrected chi connectivity index (χ2v) is 6.39. The second kappa shape index (κ2) is 7.46. The van der Waals surface area contributed by atoms with Gasteiger partial charge in [0.15, 0.2) is 0 Å². The van der Waals surface area contributed by atoms with Gasteiger partial charge in [0.1, 0.15) is 0 Å². The summed E-state index contributed by atoms with van der Waals surface area (Å²) in [6, 6.07) is 0.383. The lowest BCUT2D eigenvalue weighted by molar-refractivity contribution is -0.131. The summed E-state index contributed by atoms with van der Waals surface area (Å²) in [5.41, 5.74) is 0. The first kappa shape index (κ1) is 15.1. The van der Waals surface area contributed by atoms with Crippen LogP contribution in [0.25, 0.3) is 0 Å². The van der Waals surface area contributed by atoms with Gasteiger partial charge in [-0.05, 0) is 26.3 Å². The van der Waals surface area contributed by atoms with Gasteiger partial charge in [-0.3, -0.25) is 4.21 Å². The van der Waals surface area contributed by atoms with Gasteiger partial charge in [-0.1, -0.05) is 6.92 Å².